The summed E-state index contributed by atoms with van der Waals surface area (Å²) in [5.41, 5.74) is 3.38. The quantitative estimate of drug-likeness (QED) is 0.800. The highest BCUT2D eigenvalue weighted by atomic mass is 16.5. The van der Waals surface area contributed by atoms with Crippen LogP contribution in [0.1, 0.15) is 17.2 Å². The molecule has 0 saturated carbocycles. The van der Waals surface area contributed by atoms with Crippen molar-refractivity contribution < 1.29 is 9.53 Å². The molecule has 102 valence electrons. The smallest absolute Gasteiger partial charge is 0.187 e. The lowest BCUT2D eigenvalue weighted by molar-refractivity contribution is -0.115. The summed E-state index contributed by atoms with van der Waals surface area (Å²) in [4.78, 5) is 13.3. The van der Waals surface area contributed by atoms with E-state index in [0.717, 1.165) is 17.5 Å². The number of aryl methyl sites for hydroxylation is 1. The number of rotatable bonds is 3. The van der Waals surface area contributed by atoms with Crippen molar-refractivity contribution in [3.8, 4) is 0 Å². The van der Waals surface area contributed by atoms with Gasteiger partial charge in [0.2, 0.25) is 0 Å². The monoisotopic (exact) mass is 267 g/mol. The molecule has 2 aromatic rings. The largest absolute Gasteiger partial charge is 0.349 e. The van der Waals surface area contributed by atoms with Crippen LogP contribution in [-0.2, 0) is 9.53 Å². The normalized spacial score (nSPS) is 21.9. The Labute approximate surface area is 118 Å². The van der Waals surface area contributed by atoms with E-state index in [2.05, 4.69) is 31.2 Å². The van der Waals surface area contributed by atoms with Crippen LogP contribution in [0, 0.1) is 6.92 Å². The fourth-order valence-electron chi connectivity index (χ4n) is 2.61. The van der Waals surface area contributed by atoms with Gasteiger partial charge in [0.15, 0.2) is 12.5 Å². The van der Waals surface area contributed by atoms with Gasteiger partial charge in [-0.1, -0.05) is 48.0 Å². The molecule has 0 amide bonds. The average molecular weight is 267 g/mol. The second-order valence-corrected chi connectivity index (χ2v) is 5.03. The summed E-state index contributed by atoms with van der Waals surface area (Å²) in [6.45, 7) is 2.58. The van der Waals surface area contributed by atoms with Gasteiger partial charge in [0.25, 0.3) is 0 Å². The van der Waals surface area contributed by atoms with Crippen LogP contribution >= 0.6 is 0 Å². The molecular formula is C17H17NO2. The Kier molecular flexibility index (Phi) is 3.52. The second-order valence-electron chi connectivity index (χ2n) is 5.03. The first-order valence-electron chi connectivity index (χ1n) is 6.76. The maximum Gasteiger partial charge on any atom is 0.187 e. The van der Waals surface area contributed by atoms with Crippen LogP contribution in [0.15, 0.2) is 54.6 Å². The fraction of sp³-hybridized carbons (Fsp3) is 0.235. The molecule has 1 fully saturated rings. The highest BCUT2D eigenvalue weighted by Crippen LogP contribution is 2.34. The Balaban J connectivity index is 1.98. The van der Waals surface area contributed by atoms with Crippen LogP contribution in [0.5, 0.6) is 0 Å². The second kappa shape index (κ2) is 5.47. The number of carbonyl (C=O) groups excluding carboxylic acids is 1. The predicted octanol–water partition coefficient (Wildman–Crippen LogP) is 3.10. The van der Waals surface area contributed by atoms with Gasteiger partial charge in [0.1, 0.15) is 0 Å². The third-order valence-corrected chi connectivity index (χ3v) is 3.67. The predicted molar refractivity (Wildman–Crippen MR) is 78.6 cm³/mol. The van der Waals surface area contributed by atoms with Crippen LogP contribution in [-0.4, -0.2) is 19.1 Å². The molecule has 3 heteroatoms. The Morgan fingerprint density at radius 2 is 1.80 bits per heavy atom. The molecule has 20 heavy (non-hydrogen) atoms. The third-order valence-electron chi connectivity index (χ3n) is 3.67. The van der Waals surface area contributed by atoms with Gasteiger partial charge in [0.05, 0.1) is 12.6 Å². The maximum absolute atomic E-state index is 11.3. The van der Waals surface area contributed by atoms with Crippen molar-refractivity contribution in [3.05, 3.63) is 65.7 Å². The summed E-state index contributed by atoms with van der Waals surface area (Å²) in [5.74, 6) is 0. The van der Waals surface area contributed by atoms with E-state index in [-0.39, 0.29) is 6.04 Å². The Morgan fingerprint density at radius 3 is 2.45 bits per heavy atom. The molecule has 2 aromatic carbocycles. The Morgan fingerprint density at radius 1 is 1.10 bits per heavy atom. The minimum absolute atomic E-state index is 0.0779. The number of anilines is 1. The molecule has 0 aliphatic carbocycles. The van der Waals surface area contributed by atoms with Crippen molar-refractivity contribution >= 4 is 12.0 Å². The van der Waals surface area contributed by atoms with Crippen molar-refractivity contribution in [1.29, 1.82) is 0 Å². The molecule has 1 heterocycles. The summed E-state index contributed by atoms with van der Waals surface area (Å²) in [5, 5.41) is 0. The van der Waals surface area contributed by atoms with Gasteiger partial charge >= 0.3 is 0 Å². The molecule has 0 bridgehead atoms. The van der Waals surface area contributed by atoms with Crippen LogP contribution < -0.4 is 4.90 Å². The molecule has 0 radical (unpaired) electrons. The molecule has 0 aromatic heterocycles. The van der Waals surface area contributed by atoms with Crippen LogP contribution in [0.3, 0.4) is 0 Å². The average Bonchev–Trinajstić information content (AvgIpc) is 2.93. The van der Waals surface area contributed by atoms with Gasteiger partial charge < -0.3 is 9.64 Å². The van der Waals surface area contributed by atoms with Crippen LogP contribution in [0.4, 0.5) is 5.69 Å². The zero-order chi connectivity index (χ0) is 13.9. The molecule has 1 saturated heterocycles. The van der Waals surface area contributed by atoms with Crippen molar-refractivity contribution in [3.63, 3.8) is 0 Å². The van der Waals surface area contributed by atoms with E-state index in [4.69, 9.17) is 4.74 Å². The number of nitrogens with zero attached hydrogens (tertiary/aromatic N) is 1. The van der Waals surface area contributed by atoms with Crippen LogP contribution in [0.25, 0.3) is 0 Å². The Hall–Kier alpha value is -2.13. The number of hydrogen-bond acceptors (Lipinski definition) is 3. The summed E-state index contributed by atoms with van der Waals surface area (Å²) in [7, 11) is 0. The first-order valence-corrected chi connectivity index (χ1v) is 6.76. The molecule has 0 spiro atoms. The summed E-state index contributed by atoms with van der Waals surface area (Å²) >= 11 is 0. The van der Waals surface area contributed by atoms with Gasteiger partial charge in [-0.2, -0.15) is 0 Å². The molecule has 3 rings (SSSR count). The van der Waals surface area contributed by atoms with Gasteiger partial charge in [-0.25, -0.2) is 0 Å². The van der Waals surface area contributed by atoms with E-state index in [1.165, 1.54) is 5.56 Å². The lowest BCUT2D eigenvalue weighted by atomic mass is 10.1. The van der Waals surface area contributed by atoms with E-state index in [9.17, 15) is 4.79 Å². The number of benzene rings is 2. The number of ether oxygens (including phenoxy) is 1. The van der Waals surface area contributed by atoms with E-state index >= 15 is 0 Å². The minimum Gasteiger partial charge on any atom is -0.349 e. The van der Waals surface area contributed by atoms with Gasteiger partial charge in [0, 0.05) is 5.69 Å². The fourth-order valence-corrected chi connectivity index (χ4v) is 2.61. The van der Waals surface area contributed by atoms with Gasteiger partial charge in [-0.15, -0.1) is 0 Å². The number of carbonyl (C=O) groups is 1. The first-order chi connectivity index (χ1) is 9.79. The van der Waals surface area contributed by atoms with E-state index in [0.29, 0.717) is 6.61 Å². The zero-order valence-electron chi connectivity index (χ0n) is 11.4. The standard InChI is InChI=1S/C17H17NO2/c1-13-7-9-15(10-8-13)18-16(12-20-17(18)11-19)14-5-3-2-4-6-14/h2-11,16-17H,12H2,1H3. The maximum atomic E-state index is 11.3. The van der Waals surface area contributed by atoms with Crippen LogP contribution in [0.2, 0.25) is 0 Å². The van der Waals surface area contributed by atoms with E-state index in [1.807, 2.05) is 35.2 Å². The number of hydrogen-bond donors (Lipinski definition) is 0. The lowest BCUT2D eigenvalue weighted by Gasteiger charge is -2.28. The summed E-state index contributed by atoms with van der Waals surface area (Å²) in [6.07, 6.45) is 0.353. The molecule has 3 nitrogen and oxygen atoms in total. The van der Waals surface area contributed by atoms with E-state index in [1.54, 1.807) is 0 Å². The number of aldehydes is 1. The summed E-state index contributed by atoms with van der Waals surface area (Å²) in [6, 6.07) is 18.4. The minimum atomic E-state index is -0.511. The van der Waals surface area contributed by atoms with Crippen molar-refractivity contribution in [2.75, 3.05) is 11.5 Å². The van der Waals surface area contributed by atoms with Gasteiger partial charge in [-0.3, -0.25) is 4.79 Å². The highest BCUT2D eigenvalue weighted by molar-refractivity contribution is 5.66. The third kappa shape index (κ3) is 2.32. The van der Waals surface area contributed by atoms with Crippen molar-refractivity contribution in [1.82, 2.24) is 0 Å². The van der Waals surface area contributed by atoms with Crippen molar-refractivity contribution in [2.45, 2.75) is 19.2 Å². The molecule has 1 aliphatic heterocycles. The first kappa shape index (κ1) is 12.9. The SMILES string of the molecule is Cc1ccc(N2C(C=O)OCC2c2ccccc2)cc1. The lowest BCUT2D eigenvalue weighted by Crippen LogP contribution is -2.33. The van der Waals surface area contributed by atoms with Gasteiger partial charge in [-0.05, 0) is 24.6 Å². The van der Waals surface area contributed by atoms with Crippen molar-refractivity contribution in [2.24, 2.45) is 0 Å². The Bertz CT molecular complexity index is 580. The zero-order valence-corrected chi connectivity index (χ0v) is 11.4. The molecule has 0 N–H and O–H groups in total. The topological polar surface area (TPSA) is 29.5 Å². The highest BCUT2D eigenvalue weighted by Gasteiger charge is 2.35. The molecule has 1 aliphatic rings. The molecule has 2 unspecified atom stereocenters. The summed E-state index contributed by atoms with van der Waals surface area (Å²) < 4.78 is 5.62. The molecular weight excluding hydrogens is 250 g/mol. The van der Waals surface area contributed by atoms with E-state index < -0.39 is 6.23 Å². The molecule has 2 atom stereocenters.